The zero-order chi connectivity index (χ0) is 72.3. The van der Waals surface area contributed by atoms with Gasteiger partial charge in [0.05, 0.1) is 26.4 Å². The maximum absolute atomic E-state index is 12.9. The van der Waals surface area contributed by atoms with Gasteiger partial charge in [0.15, 0.2) is 6.10 Å². The molecule has 4 N–H and O–H groups in total. The van der Waals surface area contributed by atoms with E-state index in [-0.39, 0.29) is 19.3 Å². The van der Waals surface area contributed by atoms with Crippen LogP contribution in [-0.4, -0.2) is 95.9 Å². The normalized spacial score (nSPS) is 15.2. The summed E-state index contributed by atoms with van der Waals surface area (Å²) in [6.07, 6.45) is 93.4. The third kappa shape index (κ3) is 73.4. The predicted octanol–water partition coefficient (Wildman–Crippen LogP) is 21.2. The Hall–Kier alpha value is -5.61. The first-order valence-electron chi connectivity index (χ1n) is 36.7. The van der Waals surface area contributed by atoms with Gasteiger partial charge in [-0.05, 0) is 148 Å². The van der Waals surface area contributed by atoms with Gasteiger partial charge in [-0.3, -0.25) is 32.5 Å². The fraction of sp³-hybridized carbons (Fsp3) is 0.568. The van der Waals surface area contributed by atoms with Crippen molar-refractivity contribution in [1.29, 1.82) is 0 Å². The van der Waals surface area contributed by atoms with Gasteiger partial charge in [0, 0.05) is 19.3 Å². The van der Waals surface area contributed by atoms with Crippen LogP contribution in [-0.2, 0) is 55.8 Å². The van der Waals surface area contributed by atoms with Crippen LogP contribution in [0.2, 0.25) is 0 Å². The Bertz CT molecular complexity index is 2580. The third-order valence-electron chi connectivity index (χ3n) is 14.3. The minimum Gasteiger partial charge on any atom is -0.463 e. The molecule has 0 radical (unpaired) electrons. The van der Waals surface area contributed by atoms with Crippen LogP contribution in [0.5, 0.6) is 0 Å². The number of aliphatic hydroxyl groups is 2. The number of hydrogen-bond acceptors (Lipinski definition) is 14. The molecule has 5 atom stereocenters. The van der Waals surface area contributed by atoms with Crippen molar-refractivity contribution in [1.82, 2.24) is 0 Å². The Labute approximate surface area is 597 Å². The van der Waals surface area contributed by atoms with Gasteiger partial charge in [0.25, 0.3) is 0 Å². The lowest BCUT2D eigenvalue weighted by Gasteiger charge is -2.21. The Balaban J connectivity index is 4.80. The lowest BCUT2D eigenvalue weighted by molar-refractivity contribution is -0.161. The standard InChI is InChI=1S/C81H128O16P2/c1-4-7-10-13-16-19-22-25-28-31-34-36-37-39-42-43-46-49-52-55-58-61-64-67-79(84)91-70-76(82)71-93-98(87,88)94-72-77(83)73-95-99(89,90)96-75-78(97-81(86)69-66-63-60-57-54-51-48-45-40-33-30-27-24-21-18-15-12-9-6-3)74-92-80(85)68-65-62-59-56-53-50-47-44-41-38-35-32-29-26-23-20-17-14-11-8-5-2/h7-12,16-21,25-30,34-36,38-40,42,44-45,47,51,54,60,63,76-78,82-83H,4-6,13-15,22-24,31-33,37,41,43,46,48-50,52-53,55-59,61-62,64-75H2,1-3H3,(H,87,88)(H,89,90)/b10-7-,11-8-,12-9-,19-16-,20-17-,21-18-,28-25-,29-26-,30-27-,36-34-,38-35-,42-39-,45-40-,47-44-,54-51-,63-60-. The van der Waals surface area contributed by atoms with Crippen molar-refractivity contribution in [2.45, 2.75) is 257 Å². The summed E-state index contributed by atoms with van der Waals surface area (Å²) in [5.41, 5.74) is 0. The molecular formula is C81H128O16P2. The highest BCUT2D eigenvalue weighted by Gasteiger charge is 2.29. The summed E-state index contributed by atoms with van der Waals surface area (Å²) in [5.74, 6) is -1.72. The second kappa shape index (κ2) is 72.2. The molecule has 0 aliphatic carbocycles. The summed E-state index contributed by atoms with van der Waals surface area (Å²) in [6, 6.07) is 0. The largest absolute Gasteiger partial charge is 0.472 e. The van der Waals surface area contributed by atoms with Crippen molar-refractivity contribution >= 4 is 33.6 Å². The molecule has 0 heterocycles. The molecule has 0 rings (SSSR count). The summed E-state index contributed by atoms with van der Waals surface area (Å²) in [5, 5.41) is 20.6. The molecule has 0 fully saturated rings. The van der Waals surface area contributed by atoms with Gasteiger partial charge in [0.2, 0.25) is 0 Å². The van der Waals surface area contributed by atoms with Crippen LogP contribution >= 0.6 is 15.6 Å². The second-order valence-corrected chi connectivity index (χ2v) is 26.5. The number of esters is 3. The number of unbranched alkanes of at least 4 members (excludes halogenated alkanes) is 12. The van der Waals surface area contributed by atoms with Crippen LogP contribution in [0.15, 0.2) is 194 Å². The maximum atomic E-state index is 12.9. The SMILES string of the molecule is CC/C=C\C/C=C\C/C=C\C/C=C\C/C=C\C/C=C\CCC(=O)OC(COC(=O)CCCCCCC/C=C\C/C=C\C/C=C\C/C=C\C/C=C\CC)COP(=O)(O)OCC(O)COP(=O)(O)OCC(O)COC(=O)CCCCCCCCC/C=C\C/C=C\C/C=C\C/C=C\C/C=C\CC. The van der Waals surface area contributed by atoms with E-state index in [1.807, 2.05) is 18.2 Å². The number of aliphatic hydroxyl groups excluding tert-OH is 2. The van der Waals surface area contributed by atoms with Crippen molar-refractivity contribution in [3.8, 4) is 0 Å². The van der Waals surface area contributed by atoms with Crippen molar-refractivity contribution in [2.24, 2.45) is 0 Å². The molecule has 18 heteroatoms. The smallest absolute Gasteiger partial charge is 0.463 e. The monoisotopic (exact) mass is 1420 g/mol. The van der Waals surface area contributed by atoms with Crippen LogP contribution in [0.3, 0.4) is 0 Å². The number of rotatable bonds is 67. The lowest BCUT2D eigenvalue weighted by atomic mass is 10.1. The number of carbonyl (C=O) groups is 3. The summed E-state index contributed by atoms with van der Waals surface area (Å²) in [4.78, 5) is 58.5. The van der Waals surface area contributed by atoms with Crippen molar-refractivity contribution in [2.75, 3.05) is 39.6 Å². The molecule has 0 saturated carbocycles. The van der Waals surface area contributed by atoms with Crippen molar-refractivity contribution in [3.63, 3.8) is 0 Å². The Kier molecular flexibility index (Phi) is 68.1. The van der Waals surface area contributed by atoms with E-state index in [0.29, 0.717) is 25.7 Å². The van der Waals surface area contributed by atoms with E-state index in [0.717, 1.165) is 173 Å². The molecule has 99 heavy (non-hydrogen) atoms. The van der Waals surface area contributed by atoms with E-state index in [1.54, 1.807) is 0 Å². The highest BCUT2D eigenvalue weighted by molar-refractivity contribution is 7.47. The molecule has 16 nitrogen and oxygen atoms in total. The topological polar surface area (TPSA) is 231 Å². The summed E-state index contributed by atoms with van der Waals surface area (Å²) in [6.45, 7) is 2.17. The fourth-order valence-electron chi connectivity index (χ4n) is 8.82. The van der Waals surface area contributed by atoms with E-state index in [2.05, 4.69) is 197 Å². The van der Waals surface area contributed by atoms with Gasteiger partial charge >= 0.3 is 33.6 Å². The van der Waals surface area contributed by atoms with E-state index < -0.39 is 91.5 Å². The zero-order valence-corrected chi connectivity index (χ0v) is 62.4. The fourth-order valence-corrected chi connectivity index (χ4v) is 10.4. The number of hydrogen-bond donors (Lipinski definition) is 4. The first kappa shape index (κ1) is 93.4. The third-order valence-corrected chi connectivity index (χ3v) is 16.2. The molecule has 0 bridgehead atoms. The highest BCUT2D eigenvalue weighted by atomic mass is 31.2. The molecule has 0 aromatic rings. The number of allylic oxidation sites excluding steroid dienone is 32. The zero-order valence-electron chi connectivity index (χ0n) is 60.6. The first-order valence-corrected chi connectivity index (χ1v) is 39.7. The van der Waals surface area contributed by atoms with Gasteiger partial charge in [-0.2, -0.15) is 0 Å². The summed E-state index contributed by atoms with van der Waals surface area (Å²) < 4.78 is 60.9. The number of ether oxygens (including phenoxy) is 3. The Morgan fingerprint density at radius 1 is 0.283 bits per heavy atom. The molecule has 558 valence electrons. The van der Waals surface area contributed by atoms with E-state index >= 15 is 0 Å². The van der Waals surface area contributed by atoms with Crippen LogP contribution in [0.1, 0.15) is 239 Å². The van der Waals surface area contributed by atoms with Gasteiger partial charge in [0.1, 0.15) is 25.4 Å². The predicted molar refractivity (Wildman–Crippen MR) is 408 cm³/mol. The summed E-state index contributed by atoms with van der Waals surface area (Å²) in [7, 11) is -9.84. The molecule has 0 spiro atoms. The number of phosphoric ester groups is 2. The van der Waals surface area contributed by atoms with E-state index in [1.165, 1.54) is 0 Å². The van der Waals surface area contributed by atoms with Crippen molar-refractivity contribution in [3.05, 3.63) is 194 Å². The molecule has 5 unspecified atom stereocenters. The minimum absolute atomic E-state index is 0.0342. The molecule has 0 aliphatic heterocycles. The number of carbonyl (C=O) groups excluding carboxylic acids is 3. The van der Waals surface area contributed by atoms with Gasteiger partial charge in [-0.25, -0.2) is 9.13 Å². The molecule has 0 saturated heterocycles. The van der Waals surface area contributed by atoms with Crippen LogP contribution < -0.4 is 0 Å². The first-order chi connectivity index (χ1) is 48.2. The van der Waals surface area contributed by atoms with Gasteiger partial charge < -0.3 is 34.2 Å². The summed E-state index contributed by atoms with van der Waals surface area (Å²) >= 11 is 0. The van der Waals surface area contributed by atoms with Crippen LogP contribution in [0, 0.1) is 0 Å². The minimum atomic E-state index is -4.97. The number of phosphoric acid groups is 2. The van der Waals surface area contributed by atoms with Crippen LogP contribution in [0.4, 0.5) is 0 Å². The average molecular weight is 1420 g/mol. The lowest BCUT2D eigenvalue weighted by Crippen LogP contribution is -2.29. The van der Waals surface area contributed by atoms with E-state index in [4.69, 9.17) is 32.3 Å². The van der Waals surface area contributed by atoms with Gasteiger partial charge in [-0.1, -0.05) is 267 Å². The maximum Gasteiger partial charge on any atom is 0.472 e. The van der Waals surface area contributed by atoms with Gasteiger partial charge in [-0.15, -0.1) is 0 Å². The van der Waals surface area contributed by atoms with Crippen LogP contribution in [0.25, 0.3) is 0 Å². The highest BCUT2D eigenvalue weighted by Crippen LogP contribution is 2.45. The quantitative estimate of drug-likeness (QED) is 0.0146. The second-order valence-electron chi connectivity index (χ2n) is 23.6. The van der Waals surface area contributed by atoms with E-state index in [9.17, 15) is 43.5 Å². The Morgan fingerprint density at radius 3 is 0.838 bits per heavy atom. The molecule has 0 amide bonds. The molecular weight excluding hydrogens is 1290 g/mol. The Morgan fingerprint density at radius 2 is 0.525 bits per heavy atom. The molecule has 0 aliphatic rings. The molecule has 0 aromatic carbocycles. The average Bonchev–Trinajstić information content (AvgIpc) is 2.26. The van der Waals surface area contributed by atoms with Crippen molar-refractivity contribution < 1.29 is 75.8 Å². The molecule has 0 aromatic heterocycles.